The van der Waals surface area contributed by atoms with E-state index in [2.05, 4.69) is 12.6 Å². The highest BCUT2D eigenvalue weighted by Crippen LogP contribution is 2.27. The molecule has 1 heterocycles. The van der Waals surface area contributed by atoms with Gasteiger partial charge in [0, 0.05) is 17.7 Å². The van der Waals surface area contributed by atoms with Crippen molar-refractivity contribution in [3.8, 4) is 0 Å². The SMILES string of the molecule is CC(=O)c1ccc(N2C(=O)CC(CS)C2=O)cc1. The van der Waals surface area contributed by atoms with Gasteiger partial charge in [-0.15, -0.1) is 0 Å². The molecule has 0 aliphatic carbocycles. The Bertz CT molecular complexity index is 509. The van der Waals surface area contributed by atoms with Crippen molar-refractivity contribution >= 4 is 35.9 Å². The third kappa shape index (κ3) is 2.18. The third-order valence-corrected chi connectivity index (χ3v) is 3.43. The number of benzene rings is 1. The van der Waals surface area contributed by atoms with Gasteiger partial charge >= 0.3 is 0 Å². The summed E-state index contributed by atoms with van der Waals surface area (Å²) in [5, 5.41) is 0. The quantitative estimate of drug-likeness (QED) is 0.513. The van der Waals surface area contributed by atoms with Gasteiger partial charge in [0.15, 0.2) is 5.78 Å². The fraction of sp³-hybridized carbons (Fsp3) is 0.308. The molecule has 0 saturated carbocycles. The highest BCUT2D eigenvalue weighted by atomic mass is 32.1. The van der Waals surface area contributed by atoms with Crippen molar-refractivity contribution in [1.29, 1.82) is 0 Å². The number of thiol groups is 1. The molecule has 0 spiro atoms. The Labute approximate surface area is 110 Å². The van der Waals surface area contributed by atoms with E-state index in [1.807, 2.05) is 0 Å². The molecule has 1 aromatic carbocycles. The molecule has 0 radical (unpaired) electrons. The number of nitrogens with zero attached hydrogens (tertiary/aromatic N) is 1. The number of amides is 2. The number of Topliss-reactive ketones (excluding diaryl/α,β-unsaturated/α-hetero) is 1. The van der Waals surface area contributed by atoms with Gasteiger partial charge in [0.05, 0.1) is 11.6 Å². The standard InChI is InChI=1S/C13H13NO3S/c1-8(15)9-2-4-11(5-3-9)14-12(16)6-10(7-18)13(14)17/h2-5,10,18H,6-7H2,1H3. The maximum atomic E-state index is 12.0. The van der Waals surface area contributed by atoms with Gasteiger partial charge < -0.3 is 0 Å². The largest absolute Gasteiger partial charge is 0.295 e. The van der Waals surface area contributed by atoms with Crippen molar-refractivity contribution in [1.82, 2.24) is 0 Å². The number of hydrogen-bond donors (Lipinski definition) is 1. The molecule has 0 bridgehead atoms. The van der Waals surface area contributed by atoms with E-state index in [4.69, 9.17) is 0 Å². The number of carbonyl (C=O) groups is 3. The summed E-state index contributed by atoms with van der Waals surface area (Å²) in [7, 11) is 0. The van der Waals surface area contributed by atoms with Gasteiger partial charge in [-0.25, -0.2) is 0 Å². The average molecular weight is 263 g/mol. The zero-order valence-corrected chi connectivity index (χ0v) is 10.8. The molecule has 1 fully saturated rings. The van der Waals surface area contributed by atoms with Gasteiger partial charge in [-0.2, -0.15) is 12.6 Å². The third-order valence-electron chi connectivity index (χ3n) is 2.99. The van der Waals surface area contributed by atoms with E-state index in [0.29, 0.717) is 17.0 Å². The minimum atomic E-state index is -0.340. The first-order valence-corrected chi connectivity index (χ1v) is 6.26. The van der Waals surface area contributed by atoms with Crippen LogP contribution in [0.3, 0.4) is 0 Å². The smallest absolute Gasteiger partial charge is 0.238 e. The van der Waals surface area contributed by atoms with Crippen LogP contribution in [-0.2, 0) is 9.59 Å². The zero-order chi connectivity index (χ0) is 13.3. The maximum Gasteiger partial charge on any atom is 0.238 e. The Morgan fingerprint density at radius 1 is 1.33 bits per heavy atom. The van der Waals surface area contributed by atoms with Crippen LogP contribution in [0.4, 0.5) is 5.69 Å². The molecule has 2 rings (SSSR count). The summed E-state index contributed by atoms with van der Waals surface area (Å²) in [6.07, 6.45) is 0.205. The van der Waals surface area contributed by atoms with Crippen molar-refractivity contribution in [2.45, 2.75) is 13.3 Å². The molecule has 1 atom stereocenters. The van der Waals surface area contributed by atoms with E-state index in [9.17, 15) is 14.4 Å². The summed E-state index contributed by atoms with van der Waals surface area (Å²) < 4.78 is 0. The Kier molecular flexibility index (Phi) is 3.52. The van der Waals surface area contributed by atoms with Crippen molar-refractivity contribution < 1.29 is 14.4 Å². The van der Waals surface area contributed by atoms with Gasteiger partial charge in [0.1, 0.15) is 0 Å². The maximum absolute atomic E-state index is 12.0. The predicted molar refractivity (Wildman–Crippen MR) is 70.9 cm³/mol. The molecule has 2 amide bonds. The molecule has 1 aliphatic heterocycles. The highest BCUT2D eigenvalue weighted by Gasteiger charge is 2.38. The molecule has 1 aromatic rings. The Balaban J connectivity index is 2.29. The fourth-order valence-electron chi connectivity index (χ4n) is 1.95. The van der Waals surface area contributed by atoms with Gasteiger partial charge in [-0.1, -0.05) is 0 Å². The van der Waals surface area contributed by atoms with Crippen LogP contribution in [0.2, 0.25) is 0 Å². The number of imide groups is 1. The zero-order valence-electron chi connectivity index (χ0n) is 9.92. The van der Waals surface area contributed by atoms with E-state index in [0.717, 1.165) is 0 Å². The second kappa shape index (κ2) is 4.94. The van der Waals surface area contributed by atoms with Crippen molar-refractivity contribution in [2.24, 2.45) is 5.92 Å². The lowest BCUT2D eigenvalue weighted by Gasteiger charge is -2.14. The first-order chi connectivity index (χ1) is 8.54. The second-order valence-electron chi connectivity index (χ2n) is 4.25. The van der Waals surface area contributed by atoms with E-state index >= 15 is 0 Å². The van der Waals surface area contributed by atoms with Crippen LogP contribution >= 0.6 is 12.6 Å². The van der Waals surface area contributed by atoms with E-state index in [-0.39, 0.29) is 29.9 Å². The molecule has 1 saturated heterocycles. The molecule has 94 valence electrons. The highest BCUT2D eigenvalue weighted by molar-refractivity contribution is 7.80. The van der Waals surface area contributed by atoms with Crippen LogP contribution in [0.15, 0.2) is 24.3 Å². The molecule has 5 heteroatoms. The summed E-state index contributed by atoms with van der Waals surface area (Å²) in [5.41, 5.74) is 1.07. The minimum absolute atomic E-state index is 0.0474. The number of carbonyl (C=O) groups excluding carboxylic acids is 3. The second-order valence-corrected chi connectivity index (χ2v) is 4.62. The molecule has 1 unspecified atom stereocenters. The number of anilines is 1. The van der Waals surface area contributed by atoms with Gasteiger partial charge in [-0.05, 0) is 31.2 Å². The summed E-state index contributed by atoms with van der Waals surface area (Å²) in [6.45, 7) is 1.47. The number of rotatable bonds is 3. The van der Waals surface area contributed by atoms with Crippen LogP contribution in [0.5, 0.6) is 0 Å². The summed E-state index contributed by atoms with van der Waals surface area (Å²) >= 11 is 4.07. The monoisotopic (exact) mass is 263 g/mol. The molecule has 18 heavy (non-hydrogen) atoms. The molecular weight excluding hydrogens is 250 g/mol. The topological polar surface area (TPSA) is 54.5 Å². The summed E-state index contributed by atoms with van der Waals surface area (Å²) in [4.78, 5) is 36.1. The summed E-state index contributed by atoms with van der Waals surface area (Å²) in [6, 6.07) is 6.47. The molecular formula is C13H13NO3S. The van der Waals surface area contributed by atoms with Crippen molar-refractivity contribution in [2.75, 3.05) is 10.7 Å². The summed E-state index contributed by atoms with van der Waals surface area (Å²) in [5.74, 6) is -0.450. The average Bonchev–Trinajstić information content (AvgIpc) is 2.64. The van der Waals surface area contributed by atoms with Gasteiger partial charge in [-0.3, -0.25) is 19.3 Å². The van der Waals surface area contributed by atoms with Crippen LogP contribution in [0.25, 0.3) is 0 Å². The lowest BCUT2D eigenvalue weighted by molar-refractivity contribution is -0.122. The number of hydrogen-bond acceptors (Lipinski definition) is 4. The molecule has 0 aromatic heterocycles. The van der Waals surface area contributed by atoms with Crippen LogP contribution in [-0.4, -0.2) is 23.4 Å². The molecule has 1 aliphatic rings. The van der Waals surface area contributed by atoms with Crippen LogP contribution in [0, 0.1) is 5.92 Å². The lowest BCUT2D eigenvalue weighted by Crippen LogP contribution is -2.30. The predicted octanol–water partition coefficient (Wildman–Crippen LogP) is 1.70. The number of ketones is 1. The van der Waals surface area contributed by atoms with Crippen LogP contribution in [0.1, 0.15) is 23.7 Å². The first kappa shape index (κ1) is 12.8. The minimum Gasteiger partial charge on any atom is -0.295 e. The van der Waals surface area contributed by atoms with Crippen molar-refractivity contribution in [3.63, 3.8) is 0 Å². The fourth-order valence-corrected chi connectivity index (χ4v) is 2.24. The van der Waals surface area contributed by atoms with Gasteiger partial charge in [0.2, 0.25) is 11.8 Å². The van der Waals surface area contributed by atoms with E-state index in [1.54, 1.807) is 24.3 Å². The first-order valence-electron chi connectivity index (χ1n) is 5.63. The lowest BCUT2D eigenvalue weighted by atomic mass is 10.1. The molecule has 4 nitrogen and oxygen atoms in total. The Morgan fingerprint density at radius 2 is 1.94 bits per heavy atom. The van der Waals surface area contributed by atoms with Crippen LogP contribution < -0.4 is 4.90 Å². The van der Waals surface area contributed by atoms with Gasteiger partial charge in [0.25, 0.3) is 0 Å². The van der Waals surface area contributed by atoms with E-state index < -0.39 is 0 Å². The van der Waals surface area contributed by atoms with E-state index in [1.165, 1.54) is 11.8 Å². The molecule has 0 N–H and O–H groups in total. The Hall–Kier alpha value is -1.62. The van der Waals surface area contributed by atoms with Crippen molar-refractivity contribution in [3.05, 3.63) is 29.8 Å². The Morgan fingerprint density at radius 3 is 2.39 bits per heavy atom. The normalized spacial score (nSPS) is 19.4.